The zero-order chi connectivity index (χ0) is 19.8. The van der Waals surface area contributed by atoms with E-state index in [2.05, 4.69) is 31.9 Å². The quantitative estimate of drug-likeness (QED) is 0.627. The second kappa shape index (κ2) is 7.37. The number of fused-ring (bicyclic) bond motifs is 3. The van der Waals surface area contributed by atoms with Gasteiger partial charge in [0.15, 0.2) is 5.82 Å². The number of amides is 1. The monoisotopic (exact) mass is 394 g/mol. The van der Waals surface area contributed by atoms with Gasteiger partial charge in [0.25, 0.3) is 0 Å². The predicted octanol–water partition coefficient (Wildman–Crippen LogP) is 2.84. The maximum atomic E-state index is 12.2. The van der Waals surface area contributed by atoms with Crippen molar-refractivity contribution in [3.63, 3.8) is 0 Å². The van der Waals surface area contributed by atoms with E-state index in [4.69, 9.17) is 9.47 Å². The fourth-order valence-corrected chi connectivity index (χ4v) is 4.24. The molecular formula is C20H22N6O3. The van der Waals surface area contributed by atoms with E-state index in [1.54, 1.807) is 12.1 Å². The number of nitrogens with one attached hydrogen (secondary N) is 3. The van der Waals surface area contributed by atoms with Gasteiger partial charge in [-0.05, 0) is 44.2 Å². The molecule has 2 saturated carbocycles. The number of ether oxygens (including phenoxy) is 2. The Labute approximate surface area is 167 Å². The Morgan fingerprint density at radius 2 is 2.00 bits per heavy atom. The van der Waals surface area contributed by atoms with Crippen LogP contribution in [0, 0.1) is 11.3 Å². The molecule has 4 heterocycles. The van der Waals surface area contributed by atoms with Crippen molar-refractivity contribution in [2.75, 3.05) is 5.32 Å². The number of alkyl carbamates (subject to hydrolysis) is 1. The number of H-pyrrole nitrogens is 1. The Balaban J connectivity index is 1.40. The zero-order valence-corrected chi connectivity index (χ0v) is 15.9. The zero-order valence-electron chi connectivity index (χ0n) is 15.9. The summed E-state index contributed by atoms with van der Waals surface area (Å²) < 4.78 is 11.5. The van der Waals surface area contributed by atoms with Crippen molar-refractivity contribution in [2.24, 2.45) is 0 Å². The molecule has 2 aromatic heterocycles. The number of aromatic nitrogens is 3. The summed E-state index contributed by atoms with van der Waals surface area (Å²) in [5.41, 5.74) is 2.20. The molecule has 2 aromatic rings. The van der Waals surface area contributed by atoms with Gasteiger partial charge in [0.1, 0.15) is 11.9 Å². The molecule has 150 valence electrons. The normalized spacial score (nSPS) is 28.6. The lowest BCUT2D eigenvalue weighted by Gasteiger charge is -2.35. The first kappa shape index (κ1) is 17.9. The molecule has 0 unspecified atom stereocenters. The average molecular weight is 394 g/mol. The lowest BCUT2D eigenvalue weighted by atomic mass is 9.89. The predicted molar refractivity (Wildman–Crippen MR) is 102 cm³/mol. The van der Waals surface area contributed by atoms with E-state index < -0.39 is 0 Å². The molecule has 9 heteroatoms. The van der Waals surface area contributed by atoms with E-state index in [9.17, 15) is 10.1 Å². The highest BCUT2D eigenvalue weighted by Gasteiger charge is 2.34. The number of rotatable bonds is 0. The largest absolute Gasteiger partial charge is 0.446 e. The van der Waals surface area contributed by atoms with Gasteiger partial charge in [-0.15, -0.1) is 0 Å². The van der Waals surface area contributed by atoms with Gasteiger partial charge in [0.05, 0.1) is 30.0 Å². The molecule has 6 rings (SSSR count). The second-order valence-corrected chi connectivity index (χ2v) is 7.96. The van der Waals surface area contributed by atoms with Gasteiger partial charge in [0, 0.05) is 23.7 Å². The highest BCUT2D eigenvalue weighted by Crippen LogP contribution is 2.36. The van der Waals surface area contributed by atoms with Crippen molar-refractivity contribution in [1.82, 2.24) is 20.5 Å². The van der Waals surface area contributed by atoms with Crippen LogP contribution in [0.3, 0.4) is 0 Å². The highest BCUT2D eigenvalue weighted by atomic mass is 16.6. The van der Waals surface area contributed by atoms with Crippen LogP contribution in [0.15, 0.2) is 18.2 Å². The third-order valence-electron chi connectivity index (χ3n) is 5.84. The first-order valence-corrected chi connectivity index (χ1v) is 9.97. The molecule has 0 radical (unpaired) electrons. The average Bonchev–Trinajstić information content (AvgIpc) is 3.32. The van der Waals surface area contributed by atoms with Crippen LogP contribution in [0.2, 0.25) is 0 Å². The van der Waals surface area contributed by atoms with Crippen molar-refractivity contribution in [3.8, 4) is 6.07 Å². The van der Waals surface area contributed by atoms with E-state index in [1.807, 2.05) is 6.07 Å². The topological polar surface area (TPSA) is 125 Å². The third kappa shape index (κ3) is 3.89. The maximum absolute atomic E-state index is 12.2. The second-order valence-electron chi connectivity index (χ2n) is 7.96. The van der Waals surface area contributed by atoms with E-state index in [1.165, 1.54) is 0 Å². The van der Waals surface area contributed by atoms with Crippen molar-refractivity contribution in [3.05, 3.63) is 35.2 Å². The molecule has 8 bridgehead atoms. The van der Waals surface area contributed by atoms with Crippen LogP contribution in [-0.4, -0.2) is 39.5 Å². The number of hydrogen-bond donors (Lipinski definition) is 3. The Morgan fingerprint density at radius 3 is 2.86 bits per heavy atom. The number of aromatic amines is 1. The number of nitriles is 1. The SMILES string of the molecule is N#Cc1cc2nc(c1)Nc1cc([nH]n1)[C@H]1CC[C@H](C1)OC(=O)N[C@H]1C[C@@H](C1)OC2. The maximum Gasteiger partial charge on any atom is 0.407 e. The van der Waals surface area contributed by atoms with Crippen molar-refractivity contribution < 1.29 is 14.3 Å². The Bertz CT molecular complexity index is 961. The molecule has 3 N–H and O–H groups in total. The number of nitrogens with zero attached hydrogens (tertiary/aromatic N) is 3. The summed E-state index contributed by atoms with van der Waals surface area (Å²) in [4.78, 5) is 16.7. The molecule has 2 aliphatic heterocycles. The Hall–Kier alpha value is -3.12. The molecule has 1 amide bonds. The number of pyridine rings is 1. The van der Waals surface area contributed by atoms with Crippen LogP contribution >= 0.6 is 0 Å². The minimum atomic E-state index is -0.347. The van der Waals surface area contributed by atoms with Crippen LogP contribution in [0.5, 0.6) is 0 Å². The van der Waals surface area contributed by atoms with Gasteiger partial charge >= 0.3 is 6.09 Å². The summed E-state index contributed by atoms with van der Waals surface area (Å²) in [5.74, 6) is 1.47. The molecule has 0 spiro atoms. The third-order valence-corrected chi connectivity index (χ3v) is 5.84. The van der Waals surface area contributed by atoms with Crippen LogP contribution < -0.4 is 10.6 Å². The number of hydrogen-bond acceptors (Lipinski definition) is 7. The highest BCUT2D eigenvalue weighted by molar-refractivity contribution is 5.68. The summed E-state index contributed by atoms with van der Waals surface area (Å²) >= 11 is 0. The van der Waals surface area contributed by atoms with Crippen LogP contribution in [-0.2, 0) is 16.1 Å². The first-order valence-electron chi connectivity index (χ1n) is 9.97. The number of carbonyl (C=O) groups is 1. The molecule has 2 fully saturated rings. The Morgan fingerprint density at radius 1 is 1.10 bits per heavy atom. The number of carbonyl (C=O) groups excluding carboxylic acids is 1. The molecule has 29 heavy (non-hydrogen) atoms. The summed E-state index contributed by atoms with van der Waals surface area (Å²) in [5, 5.41) is 22.8. The van der Waals surface area contributed by atoms with E-state index in [-0.39, 0.29) is 30.3 Å². The van der Waals surface area contributed by atoms with E-state index in [0.717, 1.165) is 37.8 Å². The van der Waals surface area contributed by atoms with Gasteiger partial charge in [-0.25, -0.2) is 9.78 Å². The van der Waals surface area contributed by atoms with Crippen molar-refractivity contribution in [2.45, 2.75) is 62.9 Å². The lowest BCUT2D eigenvalue weighted by molar-refractivity contribution is -0.0283. The first-order chi connectivity index (χ1) is 14.1. The standard InChI is InChI=1S/C20H22N6O3/c21-9-11-3-14-10-28-16-6-13(7-16)23-20(27)29-15-2-1-12(5-15)17-8-19(26-25-17)24-18(4-11)22-14/h3-4,8,12-13,15-16H,1-2,5-7,10H2,(H,23,27)(H2,22,24,25,26)/t12-,13-,15+,16-/m0/s1. The van der Waals surface area contributed by atoms with Gasteiger partial charge in [-0.3, -0.25) is 5.10 Å². The van der Waals surface area contributed by atoms with Gasteiger partial charge in [-0.1, -0.05) is 0 Å². The van der Waals surface area contributed by atoms with Gasteiger partial charge in [-0.2, -0.15) is 10.4 Å². The fourth-order valence-electron chi connectivity index (χ4n) is 4.24. The van der Waals surface area contributed by atoms with Crippen molar-refractivity contribution in [1.29, 1.82) is 5.26 Å². The minimum Gasteiger partial charge on any atom is -0.446 e. The number of anilines is 2. The Kier molecular flexibility index (Phi) is 4.56. The molecule has 0 aromatic carbocycles. The lowest BCUT2D eigenvalue weighted by Crippen LogP contribution is -2.48. The van der Waals surface area contributed by atoms with E-state index >= 15 is 0 Å². The molecular weight excluding hydrogens is 372 g/mol. The molecule has 2 aliphatic carbocycles. The summed E-state index contributed by atoms with van der Waals surface area (Å²) in [6.45, 7) is 0.308. The minimum absolute atomic E-state index is 0.0629. The summed E-state index contributed by atoms with van der Waals surface area (Å²) in [7, 11) is 0. The van der Waals surface area contributed by atoms with Crippen LogP contribution in [0.4, 0.5) is 16.4 Å². The van der Waals surface area contributed by atoms with E-state index in [0.29, 0.717) is 29.5 Å². The van der Waals surface area contributed by atoms with Crippen molar-refractivity contribution >= 4 is 17.7 Å². The molecule has 4 aliphatic rings. The van der Waals surface area contributed by atoms with Crippen LogP contribution in [0.1, 0.15) is 55.0 Å². The summed E-state index contributed by atoms with van der Waals surface area (Å²) in [6.07, 6.45) is 3.68. The fraction of sp³-hybridized carbons (Fsp3) is 0.500. The van der Waals surface area contributed by atoms with Gasteiger partial charge < -0.3 is 20.1 Å². The summed E-state index contributed by atoms with van der Waals surface area (Å²) in [6, 6.07) is 7.62. The van der Waals surface area contributed by atoms with Gasteiger partial charge in [0.2, 0.25) is 0 Å². The van der Waals surface area contributed by atoms with Crippen LogP contribution in [0.25, 0.3) is 0 Å². The molecule has 9 nitrogen and oxygen atoms in total. The molecule has 2 atom stereocenters. The smallest absolute Gasteiger partial charge is 0.407 e. The molecule has 0 saturated heterocycles.